The molecule has 7 nitrogen and oxygen atoms in total. The van der Waals surface area contributed by atoms with Gasteiger partial charge in [0.2, 0.25) is 0 Å². The van der Waals surface area contributed by atoms with Gasteiger partial charge in [0, 0.05) is 5.69 Å². The van der Waals surface area contributed by atoms with Crippen LogP contribution >= 0.6 is 11.6 Å². The number of hydrogen-bond acceptors (Lipinski definition) is 5. The van der Waals surface area contributed by atoms with E-state index in [9.17, 15) is 17.6 Å². The highest BCUT2D eigenvalue weighted by Gasteiger charge is 2.18. The first kappa shape index (κ1) is 18.9. The Morgan fingerprint density at radius 3 is 2.52 bits per heavy atom. The van der Waals surface area contributed by atoms with Crippen molar-refractivity contribution in [2.24, 2.45) is 0 Å². The van der Waals surface area contributed by atoms with Crippen molar-refractivity contribution in [1.82, 2.24) is 5.16 Å². The summed E-state index contributed by atoms with van der Waals surface area (Å²) in [6.07, 6.45) is 1.28. The van der Waals surface area contributed by atoms with Crippen molar-refractivity contribution < 1.29 is 22.1 Å². The molecule has 0 aliphatic carbocycles. The van der Waals surface area contributed by atoms with Gasteiger partial charge in [0.15, 0.2) is 0 Å². The van der Waals surface area contributed by atoms with Crippen molar-refractivity contribution in [3.05, 3.63) is 70.8 Å². The normalized spacial score (nSPS) is 11.2. The number of sulfonamides is 1. The molecule has 0 radical (unpaired) electrons. The number of rotatable bonds is 5. The third kappa shape index (κ3) is 4.26. The minimum Gasteiger partial charge on any atom is -0.361 e. The zero-order chi connectivity index (χ0) is 19.6. The van der Waals surface area contributed by atoms with Gasteiger partial charge in [0.25, 0.3) is 15.9 Å². The number of carbonyl (C=O) groups is 1. The Labute approximate surface area is 159 Å². The molecular weight excluding hydrogens is 397 g/mol. The molecule has 0 bridgehead atoms. The number of hydrogen-bond donors (Lipinski definition) is 2. The summed E-state index contributed by atoms with van der Waals surface area (Å²) in [5.41, 5.74) is 0.612. The quantitative estimate of drug-likeness (QED) is 0.666. The molecule has 1 amide bonds. The number of benzene rings is 2. The highest BCUT2D eigenvalue weighted by atomic mass is 35.5. The highest BCUT2D eigenvalue weighted by Crippen LogP contribution is 2.28. The lowest BCUT2D eigenvalue weighted by molar-refractivity contribution is 0.102. The van der Waals surface area contributed by atoms with E-state index >= 15 is 0 Å². The molecule has 0 fully saturated rings. The van der Waals surface area contributed by atoms with E-state index in [4.69, 9.17) is 16.1 Å². The van der Waals surface area contributed by atoms with Gasteiger partial charge in [-0.3, -0.25) is 9.52 Å². The second-order valence-corrected chi connectivity index (χ2v) is 7.59. The van der Waals surface area contributed by atoms with Gasteiger partial charge in [-0.15, -0.1) is 0 Å². The first-order valence-electron chi connectivity index (χ1n) is 7.57. The zero-order valence-electron chi connectivity index (χ0n) is 13.9. The Morgan fingerprint density at radius 1 is 1.19 bits per heavy atom. The van der Waals surface area contributed by atoms with E-state index in [1.165, 1.54) is 24.4 Å². The predicted octanol–water partition coefficient (Wildman–Crippen LogP) is 3.83. The lowest BCUT2D eigenvalue weighted by Crippen LogP contribution is -2.15. The molecule has 2 N–H and O–H groups in total. The van der Waals surface area contributed by atoms with Gasteiger partial charge in [-0.25, -0.2) is 12.8 Å². The van der Waals surface area contributed by atoms with E-state index < -0.39 is 21.7 Å². The Morgan fingerprint density at radius 2 is 1.89 bits per heavy atom. The molecule has 10 heteroatoms. The molecule has 0 saturated carbocycles. The molecule has 2 aromatic carbocycles. The molecule has 0 aliphatic rings. The summed E-state index contributed by atoms with van der Waals surface area (Å²) in [4.78, 5) is 12.1. The fourth-order valence-electron chi connectivity index (χ4n) is 2.21. The van der Waals surface area contributed by atoms with Gasteiger partial charge in [-0.2, -0.15) is 0 Å². The molecule has 1 heterocycles. The predicted molar refractivity (Wildman–Crippen MR) is 97.9 cm³/mol. The molecule has 0 spiro atoms. The summed E-state index contributed by atoms with van der Waals surface area (Å²) < 4.78 is 45.0. The van der Waals surface area contributed by atoms with Crippen molar-refractivity contribution >= 4 is 38.9 Å². The van der Waals surface area contributed by atoms with Crippen molar-refractivity contribution in [3.8, 4) is 0 Å². The first-order valence-corrected chi connectivity index (χ1v) is 9.43. The number of nitrogens with zero attached hydrogens (tertiary/aromatic N) is 1. The SMILES string of the molecule is Cc1oncc1C(=O)Nc1ccc(Cl)c(NS(=O)(=O)c2ccc(F)cc2)c1. The van der Waals surface area contributed by atoms with Gasteiger partial charge in [0.05, 0.1) is 21.8 Å². The third-order valence-corrected chi connectivity index (χ3v) is 5.30. The van der Waals surface area contributed by atoms with Crippen molar-refractivity contribution in [2.75, 3.05) is 10.0 Å². The summed E-state index contributed by atoms with van der Waals surface area (Å²) in [5.74, 6) is -0.678. The number of halogens is 2. The largest absolute Gasteiger partial charge is 0.361 e. The minimum absolute atomic E-state index is 0.0563. The lowest BCUT2D eigenvalue weighted by Gasteiger charge is -2.12. The third-order valence-electron chi connectivity index (χ3n) is 3.59. The highest BCUT2D eigenvalue weighted by molar-refractivity contribution is 7.92. The van der Waals surface area contributed by atoms with Crippen LogP contribution < -0.4 is 10.0 Å². The maximum absolute atomic E-state index is 13.0. The summed E-state index contributed by atoms with van der Waals surface area (Å²) >= 11 is 6.05. The van der Waals surface area contributed by atoms with E-state index in [-0.39, 0.29) is 21.2 Å². The van der Waals surface area contributed by atoms with Crippen LogP contribution in [0.25, 0.3) is 0 Å². The number of carbonyl (C=O) groups excluding carboxylic acids is 1. The fourth-order valence-corrected chi connectivity index (χ4v) is 3.51. The molecule has 27 heavy (non-hydrogen) atoms. The maximum atomic E-state index is 13.0. The van der Waals surface area contributed by atoms with Crippen LogP contribution in [0.1, 0.15) is 16.1 Å². The minimum atomic E-state index is -3.99. The van der Waals surface area contributed by atoms with Gasteiger partial charge in [0.1, 0.15) is 17.1 Å². The van der Waals surface area contributed by atoms with Gasteiger partial charge >= 0.3 is 0 Å². The summed E-state index contributed by atoms with van der Waals surface area (Å²) in [7, 11) is -3.99. The second kappa shape index (κ2) is 7.37. The molecule has 3 rings (SSSR count). The van der Waals surface area contributed by atoms with E-state index in [0.29, 0.717) is 11.4 Å². The first-order chi connectivity index (χ1) is 12.8. The summed E-state index contributed by atoms with van der Waals surface area (Å²) in [6.45, 7) is 1.59. The molecular formula is C17H13ClFN3O4S. The molecule has 140 valence electrons. The van der Waals surface area contributed by atoms with E-state index in [1.807, 2.05) is 0 Å². The second-order valence-electron chi connectivity index (χ2n) is 5.50. The topological polar surface area (TPSA) is 101 Å². The standard InChI is InChI=1S/C17H13ClFN3O4S/c1-10-14(9-20-26-10)17(23)21-12-4-7-15(18)16(8-12)22-27(24,25)13-5-2-11(19)3-6-13/h2-9,22H,1H3,(H,21,23). The summed E-state index contributed by atoms with van der Waals surface area (Å²) in [5, 5.41) is 6.26. The van der Waals surface area contributed by atoms with Crippen LogP contribution in [-0.2, 0) is 10.0 Å². The average molecular weight is 410 g/mol. The van der Waals surface area contributed by atoms with Crippen LogP contribution in [0.15, 0.2) is 58.1 Å². The molecule has 1 aromatic heterocycles. The summed E-state index contributed by atoms with van der Waals surface area (Å²) in [6, 6.07) is 8.64. The average Bonchev–Trinajstić information content (AvgIpc) is 3.04. The zero-order valence-corrected chi connectivity index (χ0v) is 15.4. The smallest absolute Gasteiger partial charge is 0.261 e. The molecule has 0 atom stereocenters. The van der Waals surface area contributed by atoms with E-state index in [2.05, 4.69) is 15.2 Å². The van der Waals surface area contributed by atoms with Crippen LogP contribution in [0, 0.1) is 12.7 Å². The Bertz CT molecular complexity index is 1100. The van der Waals surface area contributed by atoms with Crippen LogP contribution in [-0.4, -0.2) is 19.5 Å². The van der Waals surface area contributed by atoms with Crippen LogP contribution in [0.3, 0.4) is 0 Å². The number of nitrogens with one attached hydrogen (secondary N) is 2. The Balaban J connectivity index is 1.84. The molecule has 3 aromatic rings. The van der Waals surface area contributed by atoms with Crippen molar-refractivity contribution in [1.29, 1.82) is 0 Å². The maximum Gasteiger partial charge on any atom is 0.261 e. The van der Waals surface area contributed by atoms with Gasteiger partial charge in [-0.05, 0) is 49.4 Å². The van der Waals surface area contributed by atoms with Crippen molar-refractivity contribution in [2.45, 2.75) is 11.8 Å². The monoisotopic (exact) mass is 409 g/mol. The molecule has 0 saturated heterocycles. The Kier molecular flexibility index (Phi) is 5.15. The van der Waals surface area contributed by atoms with Crippen LogP contribution in [0.4, 0.5) is 15.8 Å². The Hall–Kier alpha value is -2.91. The van der Waals surface area contributed by atoms with E-state index in [1.54, 1.807) is 6.92 Å². The molecule has 0 unspecified atom stereocenters. The van der Waals surface area contributed by atoms with Gasteiger partial charge in [-0.1, -0.05) is 16.8 Å². The molecule has 0 aliphatic heterocycles. The number of anilines is 2. The van der Waals surface area contributed by atoms with Gasteiger partial charge < -0.3 is 9.84 Å². The number of amides is 1. The number of aryl methyl sites for hydroxylation is 1. The van der Waals surface area contributed by atoms with E-state index in [0.717, 1.165) is 24.3 Å². The number of aromatic nitrogens is 1. The van der Waals surface area contributed by atoms with Crippen LogP contribution in [0.5, 0.6) is 0 Å². The van der Waals surface area contributed by atoms with Crippen LogP contribution in [0.2, 0.25) is 5.02 Å². The lowest BCUT2D eigenvalue weighted by atomic mass is 10.2. The van der Waals surface area contributed by atoms with Crippen molar-refractivity contribution in [3.63, 3.8) is 0 Å². The fraction of sp³-hybridized carbons (Fsp3) is 0.0588.